The van der Waals surface area contributed by atoms with Crippen molar-refractivity contribution in [2.24, 2.45) is 62.6 Å². The molecule has 10 atom stereocenters. The van der Waals surface area contributed by atoms with Gasteiger partial charge in [0.25, 0.3) is 0 Å². The zero-order valence-corrected chi connectivity index (χ0v) is 22.2. The van der Waals surface area contributed by atoms with Crippen molar-refractivity contribution in [3.63, 3.8) is 0 Å². The number of aliphatic hydroxyl groups excluding tert-OH is 2. The second kappa shape index (κ2) is 7.22. The normalized spacial score (nSPS) is 56.8. The van der Waals surface area contributed by atoms with Gasteiger partial charge in [-0.25, -0.2) is 0 Å². The zero-order chi connectivity index (χ0) is 23.3. The topological polar surface area (TPSA) is 40.5 Å². The molecular weight excluding hydrogens is 392 g/mol. The lowest BCUT2D eigenvalue weighted by molar-refractivity contribution is -0.251. The van der Waals surface area contributed by atoms with Gasteiger partial charge in [-0.2, -0.15) is 0 Å². The van der Waals surface area contributed by atoms with Gasteiger partial charge in [0.2, 0.25) is 0 Å². The molecule has 5 fully saturated rings. The van der Waals surface area contributed by atoms with Gasteiger partial charge in [0.15, 0.2) is 0 Å². The van der Waals surface area contributed by atoms with Crippen LogP contribution in [0.1, 0.15) is 113 Å². The Bertz CT molecular complexity index is 743. The molecule has 2 nitrogen and oxygen atoms in total. The van der Waals surface area contributed by atoms with Crippen LogP contribution >= 0.6 is 0 Å². The molecule has 2 N–H and O–H groups in total. The van der Waals surface area contributed by atoms with Gasteiger partial charge in [0, 0.05) is 6.61 Å². The first kappa shape index (κ1) is 23.7. The maximum atomic E-state index is 10.9. The molecule has 0 bridgehead atoms. The lowest BCUT2D eigenvalue weighted by Crippen LogP contribution is -2.66. The predicted molar refractivity (Wildman–Crippen MR) is 132 cm³/mol. The third-order valence-electron chi connectivity index (χ3n) is 13.8. The minimum Gasteiger partial charge on any atom is -0.396 e. The van der Waals surface area contributed by atoms with E-state index >= 15 is 0 Å². The van der Waals surface area contributed by atoms with Crippen LogP contribution < -0.4 is 0 Å². The van der Waals surface area contributed by atoms with E-state index in [-0.39, 0.29) is 16.9 Å². The second-order valence-corrected chi connectivity index (χ2v) is 15.0. The summed E-state index contributed by atoms with van der Waals surface area (Å²) in [4.78, 5) is 0. The van der Waals surface area contributed by atoms with Gasteiger partial charge in [-0.05, 0) is 127 Å². The molecule has 0 radical (unpaired) electrons. The van der Waals surface area contributed by atoms with E-state index in [1.165, 1.54) is 57.8 Å². The number of hydrogen-bond donors (Lipinski definition) is 2. The van der Waals surface area contributed by atoms with Crippen LogP contribution in [0, 0.1) is 62.6 Å². The Morgan fingerprint density at radius 2 is 1.47 bits per heavy atom. The fraction of sp³-hybridized carbons (Fsp3) is 1.00. The van der Waals surface area contributed by atoms with Gasteiger partial charge in [-0.15, -0.1) is 0 Å². The predicted octanol–water partition coefficient (Wildman–Crippen LogP) is 7.08. The Hall–Kier alpha value is -0.0800. The van der Waals surface area contributed by atoms with Gasteiger partial charge >= 0.3 is 0 Å². The summed E-state index contributed by atoms with van der Waals surface area (Å²) in [6.07, 6.45) is 12.6. The highest BCUT2D eigenvalue weighted by Crippen LogP contribution is 2.77. The Kier molecular flexibility index (Phi) is 5.34. The van der Waals surface area contributed by atoms with Crippen LogP contribution in [0.5, 0.6) is 0 Å². The molecule has 0 spiro atoms. The molecule has 32 heavy (non-hydrogen) atoms. The molecule has 5 saturated carbocycles. The molecule has 0 saturated heterocycles. The average Bonchev–Trinajstić information content (AvgIpc) is 3.12. The Balaban J connectivity index is 1.54. The Labute approximate surface area is 198 Å². The summed E-state index contributed by atoms with van der Waals surface area (Å²) >= 11 is 0. The summed E-state index contributed by atoms with van der Waals surface area (Å²) in [6.45, 7) is 18.1. The molecule has 5 aliphatic rings. The SMILES string of the molecule is CC(C)[C@@H]1CC[C@@]2(CO)CC[C@@]3(C)[C@@H](CC[C@H]4[C@@]5(C)CC[C@H](O)C(C)(C)[C@H]5CC[C@]43C)[C@@H]12. The fourth-order valence-electron chi connectivity index (χ4n) is 11.8. The van der Waals surface area contributed by atoms with E-state index in [0.717, 1.165) is 36.0 Å². The quantitative estimate of drug-likeness (QED) is 0.478. The first-order chi connectivity index (χ1) is 14.9. The summed E-state index contributed by atoms with van der Waals surface area (Å²) in [6, 6.07) is 0. The number of fused-ring (bicyclic) bond motifs is 7. The largest absolute Gasteiger partial charge is 0.396 e. The smallest absolute Gasteiger partial charge is 0.0594 e. The van der Waals surface area contributed by atoms with Gasteiger partial charge < -0.3 is 10.2 Å². The van der Waals surface area contributed by atoms with Crippen LogP contribution in [0.3, 0.4) is 0 Å². The van der Waals surface area contributed by atoms with E-state index in [4.69, 9.17) is 0 Å². The summed E-state index contributed by atoms with van der Waals surface area (Å²) in [7, 11) is 0. The molecule has 0 unspecified atom stereocenters. The molecule has 0 amide bonds. The summed E-state index contributed by atoms with van der Waals surface area (Å²) in [5.41, 5.74) is 1.40. The third kappa shape index (κ3) is 2.72. The number of rotatable bonds is 2. The highest BCUT2D eigenvalue weighted by atomic mass is 16.3. The molecule has 0 aromatic rings. The van der Waals surface area contributed by atoms with Crippen LogP contribution in [0.15, 0.2) is 0 Å². The van der Waals surface area contributed by atoms with Crippen molar-refractivity contribution < 1.29 is 10.2 Å². The van der Waals surface area contributed by atoms with Crippen LogP contribution in [0.2, 0.25) is 0 Å². The van der Waals surface area contributed by atoms with E-state index in [9.17, 15) is 10.2 Å². The average molecular weight is 445 g/mol. The maximum Gasteiger partial charge on any atom is 0.0594 e. The van der Waals surface area contributed by atoms with Crippen molar-refractivity contribution in [2.45, 2.75) is 119 Å². The van der Waals surface area contributed by atoms with Crippen molar-refractivity contribution in [2.75, 3.05) is 6.61 Å². The van der Waals surface area contributed by atoms with E-state index in [1.807, 2.05) is 0 Å². The lowest BCUT2D eigenvalue weighted by Gasteiger charge is -2.73. The Morgan fingerprint density at radius 3 is 2.12 bits per heavy atom. The van der Waals surface area contributed by atoms with Crippen molar-refractivity contribution in [3.8, 4) is 0 Å². The van der Waals surface area contributed by atoms with Crippen LogP contribution in [0.25, 0.3) is 0 Å². The Morgan fingerprint density at radius 1 is 0.750 bits per heavy atom. The fourth-order valence-corrected chi connectivity index (χ4v) is 11.8. The van der Waals surface area contributed by atoms with Gasteiger partial charge in [0.05, 0.1) is 6.10 Å². The van der Waals surface area contributed by atoms with Crippen molar-refractivity contribution in [1.82, 2.24) is 0 Å². The molecule has 2 heteroatoms. The van der Waals surface area contributed by atoms with Crippen molar-refractivity contribution >= 4 is 0 Å². The minimum absolute atomic E-state index is 0.0406. The van der Waals surface area contributed by atoms with Crippen molar-refractivity contribution in [1.29, 1.82) is 0 Å². The second-order valence-electron chi connectivity index (χ2n) is 15.0. The van der Waals surface area contributed by atoms with Crippen molar-refractivity contribution in [3.05, 3.63) is 0 Å². The highest BCUT2D eigenvalue weighted by Gasteiger charge is 2.70. The molecule has 0 heterocycles. The van der Waals surface area contributed by atoms with Gasteiger partial charge in [0.1, 0.15) is 0 Å². The number of hydrogen-bond acceptors (Lipinski definition) is 2. The van der Waals surface area contributed by atoms with Crippen LogP contribution in [0.4, 0.5) is 0 Å². The van der Waals surface area contributed by atoms with E-state index in [2.05, 4.69) is 48.5 Å². The van der Waals surface area contributed by atoms with Crippen LogP contribution in [-0.2, 0) is 0 Å². The maximum absolute atomic E-state index is 10.9. The summed E-state index contributed by atoms with van der Waals surface area (Å²) < 4.78 is 0. The summed E-state index contributed by atoms with van der Waals surface area (Å²) in [5.74, 6) is 4.45. The molecule has 184 valence electrons. The highest BCUT2D eigenvalue weighted by molar-refractivity contribution is 5.19. The molecule has 5 rings (SSSR count). The first-order valence-electron chi connectivity index (χ1n) is 14.2. The molecular formula is C30H52O2. The molecule has 0 aromatic carbocycles. The molecule has 0 aromatic heterocycles. The monoisotopic (exact) mass is 444 g/mol. The molecule has 5 aliphatic carbocycles. The van der Waals surface area contributed by atoms with E-state index < -0.39 is 0 Å². The first-order valence-corrected chi connectivity index (χ1v) is 14.2. The standard InChI is InChI=1S/C30H52O2/c1-19(2)20-10-15-30(18-31)17-16-28(6)21(25(20)30)8-9-23-27(5)13-12-24(32)26(3,4)22(27)11-14-29(23,28)7/h19-25,31-32H,8-18H2,1-7H3/t20-,21-,22+,23-,24-,25+,27-,28-,29+,30-/m0/s1. The molecule has 0 aliphatic heterocycles. The zero-order valence-electron chi connectivity index (χ0n) is 22.2. The van der Waals surface area contributed by atoms with Gasteiger partial charge in [-0.3, -0.25) is 0 Å². The lowest BCUT2D eigenvalue weighted by atomic mass is 9.32. The third-order valence-corrected chi connectivity index (χ3v) is 13.8. The minimum atomic E-state index is -0.137. The van der Waals surface area contributed by atoms with E-state index in [1.54, 1.807) is 0 Å². The van der Waals surface area contributed by atoms with Crippen LogP contribution in [-0.4, -0.2) is 22.9 Å². The van der Waals surface area contributed by atoms with E-state index in [0.29, 0.717) is 28.8 Å². The van der Waals surface area contributed by atoms with Gasteiger partial charge in [-0.1, -0.05) is 48.5 Å². The summed E-state index contributed by atoms with van der Waals surface area (Å²) in [5, 5.41) is 21.6. The number of aliphatic hydroxyl groups is 2.